The van der Waals surface area contributed by atoms with Crippen LogP contribution < -0.4 is 4.72 Å². The summed E-state index contributed by atoms with van der Waals surface area (Å²) in [4.78, 5) is 0.232. The molecule has 0 aromatic heterocycles. The van der Waals surface area contributed by atoms with Crippen molar-refractivity contribution in [3.05, 3.63) is 96.3 Å². The van der Waals surface area contributed by atoms with Gasteiger partial charge < -0.3 is 0 Å². The maximum atomic E-state index is 12.8. The Morgan fingerprint density at radius 2 is 1.79 bits per heavy atom. The first-order valence-electron chi connectivity index (χ1n) is 7.61. The van der Waals surface area contributed by atoms with E-state index < -0.39 is 16.1 Å². The smallest absolute Gasteiger partial charge is 0.207 e. The molecule has 0 radical (unpaired) electrons. The summed E-state index contributed by atoms with van der Waals surface area (Å²) in [7, 11) is -3.67. The normalized spacial score (nSPS) is 12.2. The summed E-state index contributed by atoms with van der Waals surface area (Å²) in [6.45, 7) is 9.33. The van der Waals surface area contributed by atoms with Gasteiger partial charge in [0, 0.05) is 0 Å². The lowest BCUT2D eigenvalue weighted by atomic mass is 9.98. The van der Waals surface area contributed by atoms with Gasteiger partial charge in [0.05, 0.1) is 10.9 Å². The zero-order valence-corrected chi connectivity index (χ0v) is 14.5. The minimum absolute atomic E-state index is 0.232. The molecule has 0 fully saturated rings. The average molecular weight is 339 g/mol. The Kier molecular flexibility index (Phi) is 5.93. The van der Waals surface area contributed by atoms with Gasteiger partial charge >= 0.3 is 0 Å². The van der Waals surface area contributed by atoms with Crippen molar-refractivity contribution in [1.82, 2.24) is 4.72 Å². The molecule has 0 spiro atoms. The van der Waals surface area contributed by atoms with Crippen LogP contribution in [0, 0.1) is 6.92 Å². The Morgan fingerprint density at radius 3 is 2.33 bits per heavy atom. The lowest BCUT2D eigenvalue weighted by Crippen LogP contribution is -2.29. The molecule has 4 heteroatoms. The standard InChI is InChI=1S/C20H21NO2S/c1-4-9-17(5-2)20(18-10-7-6-8-11-18)21-24(22,23)19-14-12-16(3)13-15-19/h4,6-8,10-15,20-21H,1-2,9H2,3H3. The summed E-state index contributed by atoms with van der Waals surface area (Å²) in [5.41, 5.74) is 5.42. The molecule has 0 bridgehead atoms. The van der Waals surface area contributed by atoms with Crippen LogP contribution in [0.15, 0.2) is 90.0 Å². The van der Waals surface area contributed by atoms with Crippen LogP contribution in [0.2, 0.25) is 0 Å². The third kappa shape index (κ3) is 4.33. The number of allylic oxidation sites excluding steroid dienone is 1. The first kappa shape index (κ1) is 18.0. The second-order valence-corrected chi connectivity index (χ2v) is 7.19. The van der Waals surface area contributed by atoms with Gasteiger partial charge in [-0.15, -0.1) is 12.3 Å². The third-order valence-corrected chi connectivity index (χ3v) is 5.12. The molecule has 0 heterocycles. The molecule has 0 saturated carbocycles. The average Bonchev–Trinajstić information content (AvgIpc) is 2.59. The highest BCUT2D eigenvalue weighted by molar-refractivity contribution is 7.89. The van der Waals surface area contributed by atoms with E-state index in [1.165, 1.54) is 0 Å². The van der Waals surface area contributed by atoms with Crippen LogP contribution in [0.4, 0.5) is 0 Å². The number of sulfonamides is 1. The summed E-state index contributed by atoms with van der Waals surface area (Å²) < 4.78 is 28.3. The van der Waals surface area contributed by atoms with E-state index in [0.29, 0.717) is 6.42 Å². The molecular formula is C20H21NO2S. The summed E-state index contributed by atoms with van der Waals surface area (Å²) in [5, 5.41) is 0. The molecule has 1 N–H and O–H groups in total. The third-order valence-electron chi connectivity index (χ3n) is 3.68. The van der Waals surface area contributed by atoms with Gasteiger partial charge in [0.15, 0.2) is 0 Å². The van der Waals surface area contributed by atoms with Crippen molar-refractivity contribution in [3.8, 4) is 0 Å². The predicted octanol–water partition coefficient (Wildman–Crippen LogP) is 4.30. The quantitative estimate of drug-likeness (QED) is 0.604. The van der Waals surface area contributed by atoms with Crippen molar-refractivity contribution < 1.29 is 8.42 Å². The molecule has 0 aliphatic carbocycles. The number of hydrogen-bond donors (Lipinski definition) is 1. The van der Waals surface area contributed by atoms with Gasteiger partial charge in [-0.25, -0.2) is 8.42 Å². The molecule has 24 heavy (non-hydrogen) atoms. The van der Waals surface area contributed by atoms with Gasteiger partial charge in [-0.05, 0) is 36.6 Å². The van der Waals surface area contributed by atoms with Crippen molar-refractivity contribution in [2.75, 3.05) is 0 Å². The fraction of sp³-hybridized carbons (Fsp3) is 0.150. The van der Waals surface area contributed by atoms with Crippen LogP contribution in [-0.4, -0.2) is 8.42 Å². The number of benzene rings is 2. The summed E-state index contributed by atoms with van der Waals surface area (Å²) >= 11 is 0. The van der Waals surface area contributed by atoms with Crippen molar-refractivity contribution in [2.45, 2.75) is 24.3 Å². The Bertz CT molecular complexity index is 846. The predicted molar refractivity (Wildman–Crippen MR) is 98.2 cm³/mol. The molecule has 0 amide bonds. The van der Waals surface area contributed by atoms with E-state index in [1.807, 2.05) is 37.3 Å². The highest BCUT2D eigenvalue weighted by Crippen LogP contribution is 2.26. The van der Waals surface area contributed by atoms with Crippen molar-refractivity contribution in [3.63, 3.8) is 0 Å². The van der Waals surface area contributed by atoms with Gasteiger partial charge in [0.1, 0.15) is 0 Å². The SMILES string of the molecule is C=C=C(CC=C)C(NS(=O)(=O)c1ccc(C)cc1)c1ccccc1. The van der Waals surface area contributed by atoms with Crippen LogP contribution >= 0.6 is 0 Å². The Morgan fingerprint density at radius 1 is 1.17 bits per heavy atom. The first-order valence-corrected chi connectivity index (χ1v) is 9.10. The molecule has 0 saturated heterocycles. The lowest BCUT2D eigenvalue weighted by Gasteiger charge is -2.20. The van der Waals surface area contributed by atoms with Crippen LogP contribution in [0.3, 0.4) is 0 Å². The van der Waals surface area contributed by atoms with Crippen LogP contribution in [0.25, 0.3) is 0 Å². The molecular weight excluding hydrogens is 318 g/mol. The summed E-state index contributed by atoms with van der Waals surface area (Å²) in [6, 6.07) is 15.6. The lowest BCUT2D eigenvalue weighted by molar-refractivity contribution is 0.569. The van der Waals surface area contributed by atoms with Gasteiger partial charge in [-0.3, -0.25) is 0 Å². The minimum atomic E-state index is -3.67. The highest BCUT2D eigenvalue weighted by Gasteiger charge is 2.23. The van der Waals surface area contributed by atoms with Crippen LogP contribution in [0.5, 0.6) is 0 Å². The van der Waals surface area contributed by atoms with E-state index in [9.17, 15) is 8.42 Å². The molecule has 0 aliphatic heterocycles. The van der Waals surface area contributed by atoms with Gasteiger partial charge in [-0.1, -0.05) is 60.7 Å². The number of hydrogen-bond acceptors (Lipinski definition) is 2. The Balaban J connectivity index is 2.43. The number of aryl methyl sites for hydroxylation is 1. The topological polar surface area (TPSA) is 46.2 Å². The van der Waals surface area contributed by atoms with Crippen molar-refractivity contribution in [2.24, 2.45) is 0 Å². The van der Waals surface area contributed by atoms with Gasteiger partial charge in [0.25, 0.3) is 0 Å². The van der Waals surface area contributed by atoms with Crippen molar-refractivity contribution in [1.29, 1.82) is 0 Å². The fourth-order valence-electron chi connectivity index (χ4n) is 2.37. The molecule has 2 aromatic carbocycles. The van der Waals surface area contributed by atoms with Crippen LogP contribution in [0.1, 0.15) is 23.6 Å². The fourth-order valence-corrected chi connectivity index (χ4v) is 3.59. The van der Waals surface area contributed by atoms with Gasteiger partial charge in [-0.2, -0.15) is 4.72 Å². The zero-order valence-electron chi connectivity index (χ0n) is 13.7. The van der Waals surface area contributed by atoms with Crippen molar-refractivity contribution >= 4 is 10.0 Å². The molecule has 2 rings (SSSR count). The number of nitrogens with one attached hydrogen (secondary N) is 1. The monoisotopic (exact) mass is 339 g/mol. The van der Waals surface area contributed by atoms with E-state index in [-0.39, 0.29) is 4.90 Å². The Labute approximate surface area is 144 Å². The molecule has 3 nitrogen and oxygen atoms in total. The Hall–Kier alpha value is -2.39. The van der Waals surface area contributed by atoms with Gasteiger partial charge in [0.2, 0.25) is 10.0 Å². The maximum absolute atomic E-state index is 12.8. The minimum Gasteiger partial charge on any atom is -0.207 e. The zero-order chi connectivity index (χ0) is 17.6. The van der Waals surface area contributed by atoms with E-state index in [0.717, 1.165) is 16.7 Å². The molecule has 2 aromatic rings. The van der Waals surface area contributed by atoms with E-state index in [2.05, 4.69) is 23.6 Å². The van der Waals surface area contributed by atoms with E-state index in [4.69, 9.17) is 0 Å². The van der Waals surface area contributed by atoms with Crippen LogP contribution in [-0.2, 0) is 10.0 Å². The molecule has 124 valence electrons. The second kappa shape index (κ2) is 7.93. The summed E-state index contributed by atoms with van der Waals surface area (Å²) in [5.74, 6) is 0. The largest absolute Gasteiger partial charge is 0.241 e. The first-order chi connectivity index (χ1) is 11.5. The number of rotatable bonds is 7. The second-order valence-electron chi connectivity index (χ2n) is 5.47. The summed E-state index contributed by atoms with van der Waals surface area (Å²) in [6.07, 6.45) is 2.21. The van der Waals surface area contributed by atoms with E-state index in [1.54, 1.807) is 30.3 Å². The molecule has 1 atom stereocenters. The highest BCUT2D eigenvalue weighted by atomic mass is 32.2. The molecule has 1 unspecified atom stereocenters. The molecule has 0 aliphatic rings. The van der Waals surface area contributed by atoms with E-state index >= 15 is 0 Å². The maximum Gasteiger partial charge on any atom is 0.241 e.